The first-order valence-electron chi connectivity index (χ1n) is 5.03. The monoisotopic (exact) mass is 256 g/mol. The highest BCUT2D eigenvalue weighted by Gasteiger charge is 2.21. The van der Waals surface area contributed by atoms with Crippen LogP contribution in [0.25, 0.3) is 0 Å². The number of hydrogen-bond donors (Lipinski definition) is 0. The van der Waals surface area contributed by atoms with Gasteiger partial charge < -0.3 is 4.74 Å². The van der Waals surface area contributed by atoms with E-state index in [2.05, 4.69) is 4.74 Å². The molecular weight excluding hydrogens is 243 g/mol. The highest BCUT2D eigenvalue weighted by molar-refractivity contribution is 8.00. The molecule has 0 aliphatic carbocycles. The Bertz CT molecular complexity index is 420. The fourth-order valence-corrected chi connectivity index (χ4v) is 2.07. The average molecular weight is 256 g/mol. The van der Waals surface area contributed by atoms with Crippen molar-refractivity contribution in [3.63, 3.8) is 0 Å². The fourth-order valence-electron chi connectivity index (χ4n) is 1.14. The Morgan fingerprint density at radius 3 is 2.76 bits per heavy atom. The summed E-state index contributed by atoms with van der Waals surface area (Å²) in [7, 11) is 1.24. The Kier molecular flexibility index (Phi) is 5.15. The largest absolute Gasteiger partial charge is 0.468 e. The lowest BCUT2D eigenvalue weighted by molar-refractivity contribution is -0.147. The average Bonchev–Trinajstić information content (AvgIpc) is 2.34. The molecule has 0 saturated carbocycles. The molecule has 92 valence electrons. The van der Waals surface area contributed by atoms with Gasteiger partial charge in [-0.05, 0) is 25.1 Å². The predicted molar refractivity (Wildman–Crippen MR) is 63.3 cm³/mol. The van der Waals surface area contributed by atoms with E-state index in [0.29, 0.717) is 4.90 Å². The van der Waals surface area contributed by atoms with Gasteiger partial charge in [0.15, 0.2) is 5.78 Å². The topological polar surface area (TPSA) is 43.4 Å². The first-order valence-corrected chi connectivity index (χ1v) is 6.02. The molecule has 0 aliphatic rings. The van der Waals surface area contributed by atoms with Gasteiger partial charge in [-0.1, -0.05) is 6.07 Å². The number of ketones is 1. The summed E-state index contributed by atoms with van der Waals surface area (Å²) < 4.78 is 17.3. The van der Waals surface area contributed by atoms with Crippen LogP contribution in [0.5, 0.6) is 0 Å². The van der Waals surface area contributed by atoms with E-state index < -0.39 is 11.9 Å². The Balaban J connectivity index is 2.51. The number of thioether (sulfide) groups is 1. The molecule has 0 aromatic heterocycles. The van der Waals surface area contributed by atoms with Crippen LogP contribution in [0.2, 0.25) is 0 Å². The Labute approximate surface area is 103 Å². The van der Waals surface area contributed by atoms with E-state index in [1.165, 1.54) is 37.9 Å². The van der Waals surface area contributed by atoms with Gasteiger partial charge in [-0.15, -0.1) is 11.8 Å². The third-order valence-corrected chi connectivity index (χ3v) is 3.23. The number of benzene rings is 1. The molecule has 1 rings (SSSR count). The zero-order chi connectivity index (χ0) is 12.8. The summed E-state index contributed by atoms with van der Waals surface area (Å²) in [6.45, 7) is 1.50. The second kappa shape index (κ2) is 6.39. The minimum Gasteiger partial charge on any atom is -0.468 e. The lowest BCUT2D eigenvalue weighted by atomic mass is 10.1. The molecule has 0 fully saturated rings. The van der Waals surface area contributed by atoms with Crippen molar-refractivity contribution in [3.05, 3.63) is 30.1 Å². The Hall–Kier alpha value is -1.36. The first-order chi connectivity index (χ1) is 8.04. The van der Waals surface area contributed by atoms with Gasteiger partial charge in [0.05, 0.1) is 12.9 Å². The summed E-state index contributed by atoms with van der Waals surface area (Å²) in [6, 6.07) is 5.97. The summed E-state index contributed by atoms with van der Waals surface area (Å²) in [5, 5.41) is 0. The number of halogens is 1. The molecule has 1 unspecified atom stereocenters. The predicted octanol–water partition coefficient (Wildman–Crippen LogP) is 2.30. The molecule has 5 heteroatoms. The van der Waals surface area contributed by atoms with Crippen molar-refractivity contribution >= 4 is 23.5 Å². The molecule has 1 aromatic carbocycles. The van der Waals surface area contributed by atoms with Crippen LogP contribution < -0.4 is 0 Å². The van der Waals surface area contributed by atoms with Crippen LogP contribution in [0, 0.1) is 11.7 Å². The van der Waals surface area contributed by atoms with Crippen LogP contribution in [-0.2, 0) is 14.3 Å². The third-order valence-electron chi connectivity index (χ3n) is 2.21. The van der Waals surface area contributed by atoms with Gasteiger partial charge in [0.2, 0.25) is 0 Å². The van der Waals surface area contributed by atoms with Crippen LogP contribution in [0.1, 0.15) is 6.92 Å². The van der Waals surface area contributed by atoms with Crippen LogP contribution >= 0.6 is 11.8 Å². The standard InChI is InChI=1S/C12H13FO3S/c1-8(12(15)16-2)11(14)7-17-10-5-3-4-9(13)6-10/h3-6,8H,7H2,1-2H3. The first kappa shape index (κ1) is 13.7. The third kappa shape index (κ3) is 4.19. The van der Waals surface area contributed by atoms with E-state index in [0.717, 1.165) is 0 Å². The highest BCUT2D eigenvalue weighted by atomic mass is 32.2. The SMILES string of the molecule is COC(=O)C(C)C(=O)CSc1cccc(F)c1. The summed E-state index contributed by atoms with van der Waals surface area (Å²) in [5.41, 5.74) is 0. The van der Waals surface area contributed by atoms with Crippen LogP contribution in [0.4, 0.5) is 4.39 Å². The lowest BCUT2D eigenvalue weighted by Crippen LogP contribution is -2.23. The van der Waals surface area contributed by atoms with E-state index in [4.69, 9.17) is 0 Å². The molecule has 1 atom stereocenters. The summed E-state index contributed by atoms with van der Waals surface area (Å²) >= 11 is 1.20. The number of Topliss-reactive ketones (excluding diaryl/α,β-unsaturated/α-hetero) is 1. The number of methoxy groups -OCH3 is 1. The van der Waals surface area contributed by atoms with Crippen molar-refractivity contribution in [2.24, 2.45) is 5.92 Å². The normalized spacial score (nSPS) is 11.9. The number of esters is 1. The maximum absolute atomic E-state index is 12.9. The number of hydrogen-bond acceptors (Lipinski definition) is 4. The zero-order valence-corrected chi connectivity index (χ0v) is 10.4. The maximum Gasteiger partial charge on any atom is 0.315 e. The van der Waals surface area contributed by atoms with Crippen LogP contribution in [0.15, 0.2) is 29.2 Å². The molecule has 0 radical (unpaired) electrons. The molecule has 0 N–H and O–H groups in total. The Morgan fingerprint density at radius 2 is 2.18 bits per heavy atom. The maximum atomic E-state index is 12.9. The number of ether oxygens (including phenoxy) is 1. The molecule has 17 heavy (non-hydrogen) atoms. The Morgan fingerprint density at radius 1 is 1.47 bits per heavy atom. The van der Waals surface area contributed by atoms with E-state index in [-0.39, 0.29) is 17.4 Å². The second-order valence-corrected chi connectivity index (χ2v) is 4.51. The molecule has 1 aromatic rings. The molecule has 0 aliphatic heterocycles. The quantitative estimate of drug-likeness (QED) is 0.460. The van der Waals surface area contributed by atoms with Crippen molar-refractivity contribution < 1.29 is 18.7 Å². The van der Waals surface area contributed by atoms with Crippen molar-refractivity contribution in [1.29, 1.82) is 0 Å². The molecule has 0 heterocycles. The molecule has 0 amide bonds. The highest BCUT2D eigenvalue weighted by Crippen LogP contribution is 2.19. The van der Waals surface area contributed by atoms with E-state index in [1.807, 2.05) is 0 Å². The molecule has 0 bridgehead atoms. The van der Waals surface area contributed by atoms with E-state index >= 15 is 0 Å². The van der Waals surface area contributed by atoms with Crippen molar-refractivity contribution in [1.82, 2.24) is 0 Å². The summed E-state index contributed by atoms with van der Waals surface area (Å²) in [4.78, 5) is 23.4. The summed E-state index contributed by atoms with van der Waals surface area (Å²) in [5.74, 6) is -1.77. The number of rotatable bonds is 5. The molecule has 3 nitrogen and oxygen atoms in total. The zero-order valence-electron chi connectivity index (χ0n) is 9.60. The van der Waals surface area contributed by atoms with E-state index in [1.54, 1.807) is 12.1 Å². The van der Waals surface area contributed by atoms with E-state index in [9.17, 15) is 14.0 Å². The van der Waals surface area contributed by atoms with Crippen LogP contribution in [0.3, 0.4) is 0 Å². The van der Waals surface area contributed by atoms with Gasteiger partial charge in [-0.2, -0.15) is 0 Å². The van der Waals surface area contributed by atoms with Crippen molar-refractivity contribution in [2.45, 2.75) is 11.8 Å². The second-order valence-electron chi connectivity index (χ2n) is 3.46. The fraction of sp³-hybridized carbons (Fsp3) is 0.333. The van der Waals surface area contributed by atoms with Gasteiger partial charge in [0, 0.05) is 4.90 Å². The van der Waals surface area contributed by atoms with Gasteiger partial charge >= 0.3 is 5.97 Å². The molecular formula is C12H13FO3S. The van der Waals surface area contributed by atoms with Gasteiger partial charge in [-0.3, -0.25) is 9.59 Å². The molecule has 0 saturated heterocycles. The number of carbonyl (C=O) groups excluding carboxylic acids is 2. The molecule has 0 spiro atoms. The minimum atomic E-state index is -0.777. The van der Waals surface area contributed by atoms with Crippen molar-refractivity contribution in [3.8, 4) is 0 Å². The lowest BCUT2D eigenvalue weighted by Gasteiger charge is -2.07. The smallest absolute Gasteiger partial charge is 0.315 e. The number of carbonyl (C=O) groups is 2. The van der Waals surface area contributed by atoms with Crippen LogP contribution in [-0.4, -0.2) is 24.6 Å². The van der Waals surface area contributed by atoms with Gasteiger partial charge in [0.25, 0.3) is 0 Å². The van der Waals surface area contributed by atoms with Gasteiger partial charge in [0.1, 0.15) is 11.7 Å². The van der Waals surface area contributed by atoms with Crippen molar-refractivity contribution in [2.75, 3.05) is 12.9 Å². The minimum absolute atomic E-state index is 0.125. The van der Waals surface area contributed by atoms with Gasteiger partial charge in [-0.25, -0.2) is 4.39 Å². The summed E-state index contributed by atoms with van der Waals surface area (Å²) in [6.07, 6.45) is 0.